The van der Waals surface area contributed by atoms with E-state index in [2.05, 4.69) is 0 Å². The molecule has 0 spiro atoms. The van der Waals surface area contributed by atoms with Crippen molar-refractivity contribution in [3.63, 3.8) is 0 Å². The monoisotopic (exact) mass is 372 g/mol. The molecule has 6 heteroatoms. The smallest absolute Gasteiger partial charge is 0.228 e. The van der Waals surface area contributed by atoms with Gasteiger partial charge < -0.3 is 4.42 Å². The number of benzene rings is 2. The summed E-state index contributed by atoms with van der Waals surface area (Å²) in [5, 5.41) is 2.24. The van der Waals surface area contributed by atoms with Crippen LogP contribution in [-0.4, -0.2) is 5.78 Å². The molecule has 3 aromatic rings. The van der Waals surface area contributed by atoms with Crippen molar-refractivity contribution in [2.24, 2.45) is 0 Å². The van der Waals surface area contributed by atoms with E-state index in [-0.39, 0.29) is 11.5 Å². The van der Waals surface area contributed by atoms with E-state index in [4.69, 9.17) is 50.8 Å². The Labute approximate surface area is 146 Å². The van der Waals surface area contributed by atoms with Gasteiger partial charge in [0.1, 0.15) is 0 Å². The van der Waals surface area contributed by atoms with E-state index in [9.17, 15) is 4.79 Å². The number of rotatable bonds is 2. The van der Waals surface area contributed by atoms with Crippen LogP contribution in [0.3, 0.4) is 0 Å². The Morgan fingerprint density at radius 2 is 1.68 bits per heavy atom. The van der Waals surface area contributed by atoms with Crippen LogP contribution >= 0.6 is 46.4 Å². The van der Waals surface area contributed by atoms with Gasteiger partial charge in [0.15, 0.2) is 11.3 Å². The van der Waals surface area contributed by atoms with Gasteiger partial charge in [-0.25, -0.2) is 0 Å². The molecule has 0 bridgehead atoms. The number of furan rings is 1. The first kappa shape index (κ1) is 15.7. The van der Waals surface area contributed by atoms with E-state index in [1.165, 1.54) is 6.07 Å². The summed E-state index contributed by atoms with van der Waals surface area (Å²) < 4.78 is 5.65. The summed E-state index contributed by atoms with van der Waals surface area (Å²) in [6.45, 7) is 1.78. The summed E-state index contributed by atoms with van der Waals surface area (Å²) >= 11 is 23.9. The lowest BCUT2D eigenvalue weighted by atomic mass is 10.0. The predicted octanol–water partition coefficient (Wildman–Crippen LogP) is 6.59. The minimum absolute atomic E-state index is 0.206. The van der Waals surface area contributed by atoms with E-state index < -0.39 is 0 Å². The van der Waals surface area contributed by atoms with Crippen molar-refractivity contribution in [2.75, 3.05) is 0 Å². The molecule has 0 amide bonds. The summed E-state index contributed by atoms with van der Waals surface area (Å²) in [4.78, 5) is 12.6. The summed E-state index contributed by atoms with van der Waals surface area (Å²) in [6, 6.07) is 7.96. The summed E-state index contributed by atoms with van der Waals surface area (Å²) in [5.74, 6) is -0.0861. The number of fused-ring (bicyclic) bond motifs is 1. The molecule has 3 rings (SSSR count). The highest BCUT2D eigenvalue weighted by molar-refractivity contribution is 6.42. The van der Waals surface area contributed by atoms with E-state index in [1.807, 2.05) is 0 Å². The van der Waals surface area contributed by atoms with Crippen molar-refractivity contribution in [3.8, 4) is 0 Å². The lowest BCUT2D eigenvalue weighted by molar-refractivity contribution is 0.101. The van der Waals surface area contributed by atoms with Crippen molar-refractivity contribution < 1.29 is 9.21 Å². The fraction of sp³-hybridized carbons (Fsp3) is 0.0625. The van der Waals surface area contributed by atoms with Gasteiger partial charge in [-0.05, 0) is 37.3 Å². The van der Waals surface area contributed by atoms with Crippen molar-refractivity contribution in [1.82, 2.24) is 0 Å². The summed E-state index contributed by atoms with van der Waals surface area (Å²) in [7, 11) is 0. The second kappa shape index (κ2) is 5.78. The molecular formula is C16H8Cl4O2. The van der Waals surface area contributed by atoms with Crippen LogP contribution in [0.25, 0.3) is 11.0 Å². The van der Waals surface area contributed by atoms with Crippen LogP contribution in [0.4, 0.5) is 0 Å². The molecule has 2 aromatic carbocycles. The lowest BCUT2D eigenvalue weighted by Gasteiger charge is -2.01. The van der Waals surface area contributed by atoms with Crippen molar-refractivity contribution >= 4 is 63.2 Å². The Balaban J connectivity index is 2.17. The molecule has 22 heavy (non-hydrogen) atoms. The summed E-state index contributed by atoms with van der Waals surface area (Å²) in [6.07, 6.45) is 0. The van der Waals surface area contributed by atoms with Crippen molar-refractivity contribution in [3.05, 3.63) is 67.3 Å². The molecule has 1 aromatic heterocycles. The fourth-order valence-corrected chi connectivity index (χ4v) is 3.06. The van der Waals surface area contributed by atoms with Crippen LogP contribution < -0.4 is 0 Å². The number of carbonyl (C=O) groups is 1. The third kappa shape index (κ3) is 2.61. The zero-order chi connectivity index (χ0) is 16.0. The maximum absolute atomic E-state index is 12.6. The number of hydrogen-bond acceptors (Lipinski definition) is 2. The highest BCUT2D eigenvalue weighted by atomic mass is 35.5. The molecule has 112 valence electrons. The predicted molar refractivity (Wildman–Crippen MR) is 90.9 cm³/mol. The van der Waals surface area contributed by atoms with Crippen LogP contribution in [0, 0.1) is 6.92 Å². The van der Waals surface area contributed by atoms with Crippen LogP contribution in [0.15, 0.2) is 34.7 Å². The minimum atomic E-state index is -0.292. The largest absolute Gasteiger partial charge is 0.451 e. The van der Waals surface area contributed by atoms with Gasteiger partial charge in [0, 0.05) is 21.5 Å². The van der Waals surface area contributed by atoms with Gasteiger partial charge in [0.05, 0.1) is 15.1 Å². The van der Waals surface area contributed by atoms with Gasteiger partial charge in [-0.3, -0.25) is 4.79 Å². The molecule has 0 aliphatic heterocycles. The zero-order valence-electron chi connectivity index (χ0n) is 11.2. The molecule has 0 saturated carbocycles. The first-order valence-electron chi connectivity index (χ1n) is 6.26. The summed E-state index contributed by atoms with van der Waals surface area (Å²) in [5.41, 5.74) is 1.50. The Kier molecular flexibility index (Phi) is 4.13. The fourth-order valence-electron chi connectivity index (χ4n) is 2.23. The van der Waals surface area contributed by atoms with Gasteiger partial charge in [0.2, 0.25) is 5.78 Å². The topological polar surface area (TPSA) is 30.2 Å². The second-order valence-electron chi connectivity index (χ2n) is 4.78. The lowest BCUT2D eigenvalue weighted by Crippen LogP contribution is -2.01. The molecular weight excluding hydrogens is 366 g/mol. The number of halogens is 4. The molecule has 0 aliphatic rings. The number of ketones is 1. The SMILES string of the molecule is Cc1c(C(=O)c2ccc(Cl)c(Cl)c2)oc2c(Cl)cc(Cl)cc12. The quantitative estimate of drug-likeness (QED) is 0.474. The first-order chi connectivity index (χ1) is 10.4. The average Bonchev–Trinajstić information content (AvgIpc) is 2.79. The minimum Gasteiger partial charge on any atom is -0.451 e. The molecule has 0 saturated heterocycles. The highest BCUT2D eigenvalue weighted by Gasteiger charge is 2.21. The molecule has 0 N–H and O–H groups in total. The van der Waals surface area contributed by atoms with Gasteiger partial charge >= 0.3 is 0 Å². The molecule has 2 nitrogen and oxygen atoms in total. The van der Waals surface area contributed by atoms with Gasteiger partial charge in [-0.2, -0.15) is 0 Å². The van der Waals surface area contributed by atoms with Gasteiger partial charge in [0.25, 0.3) is 0 Å². The maximum Gasteiger partial charge on any atom is 0.228 e. The molecule has 0 radical (unpaired) electrons. The van der Waals surface area contributed by atoms with Crippen molar-refractivity contribution in [1.29, 1.82) is 0 Å². The Morgan fingerprint density at radius 3 is 2.36 bits per heavy atom. The van der Waals surface area contributed by atoms with Gasteiger partial charge in [-0.15, -0.1) is 0 Å². The Bertz CT molecular complexity index is 912. The first-order valence-corrected chi connectivity index (χ1v) is 7.77. The number of hydrogen-bond donors (Lipinski definition) is 0. The number of aryl methyl sites for hydroxylation is 1. The third-order valence-corrected chi connectivity index (χ3v) is 4.58. The number of carbonyl (C=O) groups excluding carboxylic acids is 1. The van der Waals surface area contributed by atoms with E-state index in [0.717, 1.165) is 0 Å². The molecule has 0 unspecified atom stereocenters. The second-order valence-corrected chi connectivity index (χ2v) is 6.44. The van der Waals surface area contributed by atoms with Crippen LogP contribution in [-0.2, 0) is 0 Å². The molecule has 0 aliphatic carbocycles. The van der Waals surface area contributed by atoms with Crippen LogP contribution in [0.5, 0.6) is 0 Å². The maximum atomic E-state index is 12.6. The zero-order valence-corrected chi connectivity index (χ0v) is 14.2. The van der Waals surface area contributed by atoms with Crippen LogP contribution in [0.2, 0.25) is 20.1 Å². The molecule has 0 fully saturated rings. The standard InChI is InChI=1S/C16H8Cl4O2/c1-7-10-5-9(17)6-13(20)16(10)22-15(7)14(21)8-2-3-11(18)12(19)4-8/h2-6H,1H3. The molecule has 1 heterocycles. The van der Waals surface area contributed by atoms with E-state index >= 15 is 0 Å². The highest BCUT2D eigenvalue weighted by Crippen LogP contribution is 2.35. The average molecular weight is 374 g/mol. The van der Waals surface area contributed by atoms with E-state index in [1.54, 1.807) is 31.2 Å². The Hall–Kier alpha value is -1.19. The van der Waals surface area contributed by atoms with E-state index in [0.29, 0.717) is 42.2 Å². The van der Waals surface area contributed by atoms with Crippen molar-refractivity contribution in [2.45, 2.75) is 6.92 Å². The Morgan fingerprint density at radius 1 is 0.955 bits per heavy atom. The van der Waals surface area contributed by atoms with Gasteiger partial charge in [-0.1, -0.05) is 46.4 Å². The van der Waals surface area contributed by atoms with Crippen LogP contribution in [0.1, 0.15) is 21.7 Å². The molecule has 0 atom stereocenters. The third-order valence-electron chi connectivity index (χ3n) is 3.35. The normalized spacial score (nSPS) is 11.1.